The van der Waals surface area contributed by atoms with Gasteiger partial charge >= 0.3 is 37.7 Å². The molecule has 0 aliphatic rings. The largest absolute Gasteiger partial charge is 1.00 e. The van der Waals surface area contributed by atoms with E-state index in [2.05, 4.69) is 11.1 Å². The van der Waals surface area contributed by atoms with E-state index >= 15 is 0 Å². The molecule has 0 aromatic heterocycles. The van der Waals surface area contributed by atoms with Crippen LogP contribution in [0.5, 0.6) is 0 Å². The Hall–Kier alpha value is -0.315. The maximum absolute atomic E-state index is 11.1. The third-order valence-corrected chi connectivity index (χ3v) is 1.78. The maximum atomic E-state index is 11.1. The standard InChI is InChI=1S/C11H15N2O.2Li/c1-13(2)11(14)12-9-8-10-6-4-3-5-7-10;;/h3-6H,8-9H2,1-2H3,(H,12,14);;/q-1;2*+1/p-1. The summed E-state index contributed by atoms with van der Waals surface area (Å²) in [5.41, 5.74) is 1.09. The Balaban J connectivity index is 0. The second-order valence-corrected chi connectivity index (χ2v) is 3.20. The second-order valence-electron chi connectivity index (χ2n) is 3.20. The third kappa shape index (κ3) is 7.04. The summed E-state index contributed by atoms with van der Waals surface area (Å²) in [4.78, 5) is 5.35. The first-order valence-corrected chi connectivity index (χ1v) is 4.54. The van der Waals surface area contributed by atoms with Crippen molar-refractivity contribution in [2.75, 3.05) is 20.6 Å². The zero-order valence-corrected chi connectivity index (χ0v) is 10.5. The van der Waals surface area contributed by atoms with Crippen LogP contribution >= 0.6 is 0 Å². The summed E-state index contributed by atoms with van der Waals surface area (Å²) in [5.74, 6) is 0. The van der Waals surface area contributed by atoms with Crippen LogP contribution in [0.4, 0.5) is 0 Å². The number of hydrogen-bond donors (Lipinski definition) is 0. The Morgan fingerprint density at radius 2 is 2.06 bits per heavy atom. The summed E-state index contributed by atoms with van der Waals surface area (Å²) in [6.07, 6.45) is 0.764. The van der Waals surface area contributed by atoms with Crippen LogP contribution in [-0.2, 0) is 6.42 Å². The summed E-state index contributed by atoms with van der Waals surface area (Å²) in [7, 11) is 3.39. The fraction of sp³-hybridized carbons (Fsp3) is 0.364. The van der Waals surface area contributed by atoms with Gasteiger partial charge < -0.3 is 10.0 Å². The Morgan fingerprint density at radius 3 is 2.56 bits per heavy atom. The minimum atomic E-state index is -0.180. The number of amidine groups is 1. The van der Waals surface area contributed by atoms with E-state index in [1.165, 1.54) is 4.90 Å². The molecule has 0 atom stereocenters. The van der Waals surface area contributed by atoms with Crippen molar-refractivity contribution in [2.45, 2.75) is 6.42 Å². The van der Waals surface area contributed by atoms with Gasteiger partial charge in [0.15, 0.2) is 0 Å². The molecule has 0 saturated carbocycles. The molecular formula is C11H14Li2N2O. The van der Waals surface area contributed by atoms with Crippen LogP contribution in [0.3, 0.4) is 0 Å². The summed E-state index contributed by atoms with van der Waals surface area (Å²) < 4.78 is 0. The predicted molar refractivity (Wildman–Crippen MR) is 55.0 cm³/mol. The molecule has 0 fully saturated rings. The third-order valence-electron chi connectivity index (χ3n) is 1.78. The Morgan fingerprint density at radius 1 is 1.38 bits per heavy atom. The van der Waals surface area contributed by atoms with Gasteiger partial charge in [0.05, 0.1) is 0 Å². The van der Waals surface area contributed by atoms with Crippen molar-refractivity contribution in [3.63, 3.8) is 0 Å². The molecule has 3 nitrogen and oxygen atoms in total. The quantitative estimate of drug-likeness (QED) is 0.213. The normalized spacial score (nSPS) is 10.0. The maximum Gasteiger partial charge on any atom is 1.00 e. The van der Waals surface area contributed by atoms with Gasteiger partial charge in [-0.2, -0.15) is 35.9 Å². The van der Waals surface area contributed by atoms with Crippen LogP contribution in [0.1, 0.15) is 5.56 Å². The minimum absolute atomic E-state index is 0. The van der Waals surface area contributed by atoms with Crippen LogP contribution in [0.15, 0.2) is 29.3 Å². The van der Waals surface area contributed by atoms with Gasteiger partial charge in [-0.25, -0.2) is 0 Å². The van der Waals surface area contributed by atoms with Crippen molar-refractivity contribution in [1.82, 2.24) is 4.90 Å². The monoisotopic (exact) mass is 204 g/mol. The molecule has 0 aliphatic heterocycles. The molecule has 0 N–H and O–H groups in total. The Kier molecular flexibility index (Phi) is 11.2. The van der Waals surface area contributed by atoms with E-state index in [0.717, 1.165) is 12.0 Å². The van der Waals surface area contributed by atoms with Gasteiger partial charge in [-0.05, 0) is 6.42 Å². The zero-order chi connectivity index (χ0) is 10.4. The number of hydrogen-bond acceptors (Lipinski definition) is 2. The molecule has 76 valence electrons. The fourth-order valence-electron chi connectivity index (χ4n) is 0.999. The molecule has 1 aromatic rings. The van der Waals surface area contributed by atoms with Crippen LogP contribution in [0, 0.1) is 6.07 Å². The molecule has 16 heavy (non-hydrogen) atoms. The van der Waals surface area contributed by atoms with Gasteiger partial charge in [-0.1, -0.05) is 0 Å². The van der Waals surface area contributed by atoms with E-state index < -0.39 is 0 Å². The molecule has 0 spiro atoms. The molecule has 5 heteroatoms. The van der Waals surface area contributed by atoms with Crippen LogP contribution in [0.25, 0.3) is 0 Å². The van der Waals surface area contributed by atoms with Gasteiger partial charge in [0.25, 0.3) is 0 Å². The fourth-order valence-corrected chi connectivity index (χ4v) is 0.999. The van der Waals surface area contributed by atoms with Crippen LogP contribution < -0.4 is 42.8 Å². The van der Waals surface area contributed by atoms with Crippen molar-refractivity contribution in [3.05, 3.63) is 35.9 Å². The number of aliphatic imine (C=N–C) groups is 1. The van der Waals surface area contributed by atoms with E-state index in [1.807, 2.05) is 24.3 Å². The number of rotatable bonds is 3. The molecule has 1 aromatic carbocycles. The van der Waals surface area contributed by atoms with Gasteiger partial charge in [0.2, 0.25) is 0 Å². The van der Waals surface area contributed by atoms with E-state index in [9.17, 15) is 5.11 Å². The first kappa shape index (κ1) is 18.1. The molecule has 0 radical (unpaired) electrons. The molecule has 0 saturated heterocycles. The van der Waals surface area contributed by atoms with Gasteiger partial charge in [-0.3, -0.25) is 4.99 Å². The average Bonchev–Trinajstić information content (AvgIpc) is 2.19. The number of nitrogens with zero attached hydrogens (tertiary/aromatic N) is 2. The number of benzene rings is 1. The van der Waals surface area contributed by atoms with Crippen molar-refractivity contribution in [3.8, 4) is 0 Å². The van der Waals surface area contributed by atoms with Gasteiger partial charge in [-0.15, -0.1) is 0 Å². The molecule has 0 unspecified atom stereocenters. The van der Waals surface area contributed by atoms with Gasteiger partial charge in [0.1, 0.15) is 0 Å². The first-order valence-electron chi connectivity index (χ1n) is 4.54. The van der Waals surface area contributed by atoms with Crippen LogP contribution in [0.2, 0.25) is 0 Å². The summed E-state index contributed by atoms with van der Waals surface area (Å²) >= 11 is 0. The van der Waals surface area contributed by atoms with Crippen LogP contribution in [-0.4, -0.2) is 31.6 Å². The van der Waals surface area contributed by atoms with Gasteiger partial charge in [0, 0.05) is 26.7 Å². The van der Waals surface area contributed by atoms with Crippen molar-refractivity contribution < 1.29 is 42.8 Å². The van der Waals surface area contributed by atoms with Crippen molar-refractivity contribution >= 4 is 6.02 Å². The second kappa shape index (κ2) is 9.88. The van der Waals surface area contributed by atoms with Crippen molar-refractivity contribution in [1.29, 1.82) is 0 Å². The summed E-state index contributed by atoms with van der Waals surface area (Å²) in [6.45, 7) is 0.525. The smallest absolute Gasteiger partial charge is 0.846 e. The SMILES string of the molecule is CN(C)C([O-])=NCCc1[c-]cccc1.[Li+].[Li+]. The van der Waals surface area contributed by atoms with E-state index in [-0.39, 0.29) is 43.7 Å². The predicted octanol–water partition coefficient (Wildman–Crippen LogP) is -5.68. The van der Waals surface area contributed by atoms with Crippen molar-refractivity contribution in [2.24, 2.45) is 4.99 Å². The summed E-state index contributed by atoms with van der Waals surface area (Å²) in [5, 5.41) is 11.1. The van der Waals surface area contributed by atoms with E-state index in [0.29, 0.717) is 6.54 Å². The Bertz CT molecular complexity index is 302. The Labute approximate surface area is 121 Å². The average molecular weight is 204 g/mol. The molecule has 1 rings (SSSR count). The van der Waals surface area contributed by atoms with E-state index in [1.54, 1.807) is 14.1 Å². The molecule has 0 bridgehead atoms. The molecular weight excluding hydrogens is 190 g/mol. The van der Waals surface area contributed by atoms with E-state index in [4.69, 9.17) is 0 Å². The molecule has 0 aliphatic carbocycles. The minimum Gasteiger partial charge on any atom is -0.846 e. The summed E-state index contributed by atoms with van der Waals surface area (Å²) in [6, 6.07) is 10.6. The topological polar surface area (TPSA) is 38.7 Å². The molecule has 0 heterocycles. The first-order chi connectivity index (χ1) is 6.70. The molecule has 0 amide bonds. The zero-order valence-electron chi connectivity index (χ0n) is 10.5.